The standard InChI is InChI=1S/C21H20N4O3S2/c22-30(27,28)18-9-6-15(7-10-18)12-23-20(26)11-8-17-14-29-21-24-19(13-25(17)21)16-4-2-1-3-5-16/h1-7,9-10,13-14H,8,11-12H2,(H,23,26)(H2,22,27,28). The number of thiazole rings is 1. The van der Waals surface area contributed by atoms with Crippen LogP contribution in [0, 0.1) is 0 Å². The highest BCUT2D eigenvalue weighted by Crippen LogP contribution is 2.24. The highest BCUT2D eigenvalue weighted by molar-refractivity contribution is 7.89. The molecule has 2 aromatic carbocycles. The number of nitrogens with two attached hydrogens (primary N) is 1. The second kappa shape index (κ2) is 8.39. The molecule has 0 bridgehead atoms. The summed E-state index contributed by atoms with van der Waals surface area (Å²) in [6, 6.07) is 16.1. The Morgan fingerprint density at radius 1 is 1.10 bits per heavy atom. The highest BCUT2D eigenvalue weighted by atomic mass is 32.2. The molecule has 3 N–H and O–H groups in total. The number of imidazole rings is 1. The predicted molar refractivity (Wildman–Crippen MR) is 116 cm³/mol. The first-order chi connectivity index (χ1) is 14.4. The van der Waals surface area contributed by atoms with E-state index in [1.54, 1.807) is 23.5 Å². The number of nitrogens with zero attached hydrogens (tertiary/aromatic N) is 2. The number of fused-ring (bicyclic) bond motifs is 1. The molecule has 0 atom stereocenters. The van der Waals surface area contributed by atoms with E-state index >= 15 is 0 Å². The van der Waals surface area contributed by atoms with Gasteiger partial charge in [-0.05, 0) is 24.1 Å². The number of hydrogen-bond acceptors (Lipinski definition) is 5. The first-order valence-corrected chi connectivity index (χ1v) is 11.7. The van der Waals surface area contributed by atoms with E-state index in [1.165, 1.54) is 12.1 Å². The van der Waals surface area contributed by atoms with Crippen molar-refractivity contribution in [1.82, 2.24) is 14.7 Å². The number of carbonyl (C=O) groups excluding carboxylic acids is 1. The van der Waals surface area contributed by atoms with Crippen molar-refractivity contribution in [1.29, 1.82) is 0 Å². The van der Waals surface area contributed by atoms with Gasteiger partial charge in [-0.3, -0.25) is 9.20 Å². The third kappa shape index (κ3) is 4.59. The molecule has 0 aliphatic rings. The van der Waals surface area contributed by atoms with E-state index in [2.05, 4.69) is 10.3 Å². The smallest absolute Gasteiger partial charge is 0.238 e. The van der Waals surface area contributed by atoms with Gasteiger partial charge in [0.2, 0.25) is 15.9 Å². The van der Waals surface area contributed by atoms with Crippen LogP contribution in [0.2, 0.25) is 0 Å². The van der Waals surface area contributed by atoms with E-state index in [-0.39, 0.29) is 10.8 Å². The van der Waals surface area contributed by atoms with E-state index in [4.69, 9.17) is 5.14 Å². The number of amides is 1. The van der Waals surface area contributed by atoms with Crippen molar-refractivity contribution in [3.63, 3.8) is 0 Å². The van der Waals surface area contributed by atoms with Gasteiger partial charge in [0.1, 0.15) is 0 Å². The minimum Gasteiger partial charge on any atom is -0.352 e. The summed E-state index contributed by atoms with van der Waals surface area (Å²) in [6.07, 6.45) is 2.95. The maximum atomic E-state index is 12.3. The van der Waals surface area contributed by atoms with Crippen LogP contribution >= 0.6 is 11.3 Å². The molecule has 9 heteroatoms. The van der Waals surface area contributed by atoms with E-state index in [9.17, 15) is 13.2 Å². The van der Waals surface area contributed by atoms with Crippen molar-refractivity contribution >= 4 is 32.2 Å². The van der Waals surface area contributed by atoms with E-state index < -0.39 is 10.0 Å². The molecule has 4 aromatic rings. The van der Waals surface area contributed by atoms with Crippen LogP contribution in [0.4, 0.5) is 0 Å². The number of nitrogens with one attached hydrogen (secondary N) is 1. The molecule has 30 heavy (non-hydrogen) atoms. The molecular weight excluding hydrogens is 420 g/mol. The number of primary sulfonamides is 1. The Kier molecular flexibility index (Phi) is 5.67. The van der Waals surface area contributed by atoms with Crippen LogP contribution in [0.25, 0.3) is 16.2 Å². The first kappa shape index (κ1) is 20.3. The summed E-state index contributed by atoms with van der Waals surface area (Å²) in [7, 11) is -3.71. The van der Waals surface area contributed by atoms with Crippen molar-refractivity contribution in [3.8, 4) is 11.3 Å². The first-order valence-electron chi connectivity index (χ1n) is 9.29. The zero-order valence-corrected chi connectivity index (χ0v) is 17.6. The molecule has 2 aromatic heterocycles. The van der Waals surface area contributed by atoms with Crippen molar-refractivity contribution in [3.05, 3.63) is 77.4 Å². The van der Waals surface area contributed by atoms with Crippen molar-refractivity contribution in [2.24, 2.45) is 5.14 Å². The summed E-state index contributed by atoms with van der Waals surface area (Å²) >= 11 is 1.56. The van der Waals surface area contributed by atoms with E-state index in [0.717, 1.165) is 27.5 Å². The molecule has 7 nitrogen and oxygen atoms in total. The summed E-state index contributed by atoms with van der Waals surface area (Å²) in [5.74, 6) is -0.0757. The number of carbonyl (C=O) groups is 1. The van der Waals surface area contributed by atoms with Gasteiger partial charge in [0.05, 0.1) is 10.6 Å². The Morgan fingerprint density at radius 3 is 2.53 bits per heavy atom. The minimum absolute atomic E-state index is 0.0502. The maximum Gasteiger partial charge on any atom is 0.238 e. The van der Waals surface area contributed by atoms with Gasteiger partial charge < -0.3 is 5.32 Å². The summed E-state index contributed by atoms with van der Waals surface area (Å²) in [6.45, 7) is 0.325. The lowest BCUT2D eigenvalue weighted by Crippen LogP contribution is -2.23. The molecule has 0 saturated carbocycles. The Morgan fingerprint density at radius 2 is 1.83 bits per heavy atom. The lowest BCUT2D eigenvalue weighted by atomic mass is 10.2. The molecule has 0 spiro atoms. The molecule has 0 fully saturated rings. The zero-order chi connectivity index (χ0) is 21.1. The zero-order valence-electron chi connectivity index (χ0n) is 16.0. The van der Waals surface area contributed by atoms with Gasteiger partial charge in [-0.1, -0.05) is 42.5 Å². The van der Waals surface area contributed by atoms with Crippen LogP contribution in [0.3, 0.4) is 0 Å². The summed E-state index contributed by atoms with van der Waals surface area (Å²) in [5, 5.41) is 9.97. The fourth-order valence-electron chi connectivity index (χ4n) is 3.08. The Hall–Kier alpha value is -3.01. The number of sulfonamides is 1. The molecule has 0 aliphatic heterocycles. The van der Waals surface area contributed by atoms with Crippen molar-refractivity contribution < 1.29 is 13.2 Å². The average molecular weight is 441 g/mol. The van der Waals surface area contributed by atoms with Gasteiger partial charge in [-0.2, -0.15) is 0 Å². The molecule has 4 rings (SSSR count). The fourth-order valence-corrected chi connectivity index (χ4v) is 4.51. The number of hydrogen-bond donors (Lipinski definition) is 2. The molecule has 1 amide bonds. The second-order valence-electron chi connectivity index (χ2n) is 6.84. The van der Waals surface area contributed by atoms with Crippen LogP contribution in [-0.4, -0.2) is 23.7 Å². The third-order valence-corrected chi connectivity index (χ3v) is 6.52. The molecule has 154 valence electrons. The molecule has 0 saturated heterocycles. The predicted octanol–water partition coefficient (Wildman–Crippen LogP) is 2.96. The van der Waals surface area contributed by atoms with Gasteiger partial charge in [0, 0.05) is 35.8 Å². The van der Waals surface area contributed by atoms with Gasteiger partial charge in [0.25, 0.3) is 0 Å². The third-order valence-electron chi connectivity index (χ3n) is 4.70. The summed E-state index contributed by atoms with van der Waals surface area (Å²) < 4.78 is 24.6. The molecule has 0 aliphatic carbocycles. The SMILES string of the molecule is NS(=O)(=O)c1ccc(CNC(=O)CCc2csc3nc(-c4ccccc4)cn23)cc1. The van der Waals surface area contributed by atoms with Crippen LogP contribution < -0.4 is 10.5 Å². The van der Waals surface area contributed by atoms with Gasteiger partial charge >= 0.3 is 0 Å². The number of benzene rings is 2. The number of rotatable bonds is 7. The molecule has 2 heterocycles. The monoisotopic (exact) mass is 440 g/mol. The number of aryl methyl sites for hydroxylation is 1. The Bertz CT molecular complexity index is 1280. The van der Waals surface area contributed by atoms with Gasteiger partial charge in [0.15, 0.2) is 4.96 Å². The van der Waals surface area contributed by atoms with Crippen LogP contribution in [0.1, 0.15) is 17.7 Å². The van der Waals surface area contributed by atoms with E-state index in [1.807, 2.05) is 46.3 Å². The summed E-state index contributed by atoms with van der Waals surface area (Å²) in [5.41, 5.74) is 3.81. The Labute approximate surface area is 178 Å². The number of aromatic nitrogens is 2. The van der Waals surface area contributed by atoms with Gasteiger partial charge in [-0.25, -0.2) is 18.5 Å². The summed E-state index contributed by atoms with van der Waals surface area (Å²) in [4.78, 5) is 17.9. The van der Waals surface area contributed by atoms with E-state index in [0.29, 0.717) is 19.4 Å². The maximum absolute atomic E-state index is 12.3. The second-order valence-corrected chi connectivity index (χ2v) is 9.24. The minimum atomic E-state index is -3.71. The fraction of sp³-hybridized carbons (Fsp3) is 0.143. The molecule has 0 unspecified atom stereocenters. The molecule has 0 radical (unpaired) electrons. The quantitative estimate of drug-likeness (QED) is 0.461. The lowest BCUT2D eigenvalue weighted by Gasteiger charge is -2.06. The topological polar surface area (TPSA) is 107 Å². The van der Waals surface area contributed by atoms with Crippen LogP contribution in [0.5, 0.6) is 0 Å². The van der Waals surface area contributed by atoms with Gasteiger partial charge in [-0.15, -0.1) is 11.3 Å². The van der Waals surface area contributed by atoms with Crippen molar-refractivity contribution in [2.75, 3.05) is 0 Å². The lowest BCUT2D eigenvalue weighted by molar-refractivity contribution is -0.121. The average Bonchev–Trinajstić information content (AvgIpc) is 3.32. The largest absolute Gasteiger partial charge is 0.352 e. The Balaban J connectivity index is 1.35. The molecular formula is C21H20N4O3S2. The highest BCUT2D eigenvalue weighted by Gasteiger charge is 2.11. The van der Waals surface area contributed by atoms with Crippen molar-refractivity contribution in [2.45, 2.75) is 24.3 Å². The van der Waals surface area contributed by atoms with Crippen LogP contribution in [-0.2, 0) is 27.8 Å². The normalized spacial score (nSPS) is 11.6. The van der Waals surface area contributed by atoms with Crippen LogP contribution in [0.15, 0.2) is 71.1 Å².